The number of rotatable bonds is 3. The van der Waals surface area contributed by atoms with E-state index in [1.54, 1.807) is 0 Å². The van der Waals surface area contributed by atoms with Crippen molar-refractivity contribution in [3.63, 3.8) is 0 Å². The zero-order valence-electron chi connectivity index (χ0n) is 7.86. The SMILES string of the molecule is CC(C(=O)O)(C1CC1)N1CC=CC1. The molecule has 13 heavy (non-hydrogen) atoms. The number of nitrogens with zero attached hydrogens (tertiary/aromatic N) is 1. The Labute approximate surface area is 78.0 Å². The van der Waals surface area contributed by atoms with Crippen molar-refractivity contribution in [3.05, 3.63) is 12.2 Å². The molecule has 3 heteroatoms. The van der Waals surface area contributed by atoms with Gasteiger partial charge < -0.3 is 5.11 Å². The van der Waals surface area contributed by atoms with Crippen molar-refractivity contribution in [3.8, 4) is 0 Å². The fourth-order valence-corrected chi connectivity index (χ4v) is 2.07. The van der Waals surface area contributed by atoms with Crippen molar-refractivity contribution in [2.45, 2.75) is 25.3 Å². The predicted molar refractivity (Wildman–Crippen MR) is 49.5 cm³/mol. The number of carbonyl (C=O) groups is 1. The average molecular weight is 181 g/mol. The lowest BCUT2D eigenvalue weighted by Gasteiger charge is -2.34. The second kappa shape index (κ2) is 2.84. The molecule has 0 amide bonds. The maximum absolute atomic E-state index is 11.2. The van der Waals surface area contributed by atoms with Gasteiger partial charge in [-0.25, -0.2) is 0 Å². The lowest BCUT2D eigenvalue weighted by atomic mass is 9.94. The highest BCUT2D eigenvalue weighted by molar-refractivity contribution is 5.79. The monoisotopic (exact) mass is 181 g/mol. The lowest BCUT2D eigenvalue weighted by molar-refractivity contribution is -0.151. The summed E-state index contributed by atoms with van der Waals surface area (Å²) in [7, 11) is 0. The van der Waals surface area contributed by atoms with Crippen molar-refractivity contribution in [1.29, 1.82) is 0 Å². The summed E-state index contributed by atoms with van der Waals surface area (Å²) in [6.45, 7) is 3.44. The Kier molecular flexibility index (Phi) is 1.91. The van der Waals surface area contributed by atoms with Gasteiger partial charge >= 0.3 is 5.97 Å². The fraction of sp³-hybridized carbons (Fsp3) is 0.700. The van der Waals surface area contributed by atoms with Gasteiger partial charge in [0.1, 0.15) is 5.54 Å². The fourth-order valence-electron chi connectivity index (χ4n) is 2.07. The summed E-state index contributed by atoms with van der Waals surface area (Å²) in [4.78, 5) is 13.3. The van der Waals surface area contributed by atoms with Crippen LogP contribution < -0.4 is 0 Å². The molecule has 0 bridgehead atoms. The third-order valence-corrected chi connectivity index (χ3v) is 3.28. The molecule has 0 radical (unpaired) electrons. The molecular weight excluding hydrogens is 166 g/mol. The molecule has 0 saturated heterocycles. The molecule has 3 nitrogen and oxygen atoms in total. The summed E-state index contributed by atoms with van der Waals surface area (Å²) in [6, 6.07) is 0. The van der Waals surface area contributed by atoms with Crippen molar-refractivity contribution in [2.75, 3.05) is 13.1 Å². The Bertz CT molecular complexity index is 250. The zero-order valence-corrected chi connectivity index (χ0v) is 7.86. The molecule has 1 heterocycles. The normalized spacial score (nSPS) is 27.5. The summed E-state index contributed by atoms with van der Waals surface area (Å²) in [5.41, 5.74) is -0.622. The van der Waals surface area contributed by atoms with Crippen LogP contribution in [0.15, 0.2) is 12.2 Å². The van der Waals surface area contributed by atoms with Crippen LogP contribution in [0.5, 0.6) is 0 Å². The molecule has 0 spiro atoms. The van der Waals surface area contributed by atoms with Crippen LogP contribution in [0, 0.1) is 5.92 Å². The van der Waals surface area contributed by atoms with Crippen LogP contribution in [0.2, 0.25) is 0 Å². The minimum atomic E-state index is -0.668. The third-order valence-electron chi connectivity index (χ3n) is 3.28. The van der Waals surface area contributed by atoms with Gasteiger partial charge in [-0.1, -0.05) is 12.2 Å². The summed E-state index contributed by atoms with van der Waals surface area (Å²) < 4.78 is 0. The quantitative estimate of drug-likeness (QED) is 0.663. The molecule has 0 aromatic heterocycles. The molecule has 0 aromatic rings. The molecule has 1 fully saturated rings. The second-order valence-corrected chi connectivity index (χ2v) is 4.10. The van der Waals surface area contributed by atoms with E-state index in [4.69, 9.17) is 0 Å². The summed E-state index contributed by atoms with van der Waals surface area (Å²) in [5, 5.41) is 9.23. The van der Waals surface area contributed by atoms with E-state index in [0.717, 1.165) is 25.9 Å². The van der Waals surface area contributed by atoms with E-state index in [1.165, 1.54) is 0 Å². The minimum absolute atomic E-state index is 0.366. The van der Waals surface area contributed by atoms with Gasteiger partial charge in [0.2, 0.25) is 0 Å². The summed E-state index contributed by atoms with van der Waals surface area (Å²) in [5.74, 6) is -0.302. The van der Waals surface area contributed by atoms with E-state index in [9.17, 15) is 9.90 Å². The maximum atomic E-state index is 11.2. The number of carboxylic acids is 1. The van der Waals surface area contributed by atoms with Gasteiger partial charge in [-0.2, -0.15) is 0 Å². The molecule has 0 aromatic carbocycles. The van der Waals surface area contributed by atoms with Gasteiger partial charge in [0.15, 0.2) is 0 Å². The van der Waals surface area contributed by atoms with Crippen LogP contribution in [0.25, 0.3) is 0 Å². The van der Waals surface area contributed by atoms with E-state index in [0.29, 0.717) is 5.92 Å². The highest BCUT2D eigenvalue weighted by Crippen LogP contribution is 2.43. The number of hydrogen-bond acceptors (Lipinski definition) is 2. The van der Waals surface area contributed by atoms with Crippen molar-refractivity contribution in [1.82, 2.24) is 4.90 Å². The Morgan fingerprint density at radius 3 is 2.38 bits per heavy atom. The molecule has 1 N–H and O–H groups in total. The first-order valence-electron chi connectivity index (χ1n) is 4.79. The molecule has 1 aliphatic heterocycles. The smallest absolute Gasteiger partial charge is 0.324 e. The largest absolute Gasteiger partial charge is 0.480 e. The Hall–Kier alpha value is -0.830. The van der Waals surface area contributed by atoms with Crippen LogP contribution in [0.1, 0.15) is 19.8 Å². The van der Waals surface area contributed by atoms with Crippen molar-refractivity contribution < 1.29 is 9.90 Å². The maximum Gasteiger partial charge on any atom is 0.324 e. The Morgan fingerprint density at radius 1 is 1.46 bits per heavy atom. The second-order valence-electron chi connectivity index (χ2n) is 4.10. The van der Waals surface area contributed by atoms with Crippen LogP contribution >= 0.6 is 0 Å². The number of hydrogen-bond donors (Lipinski definition) is 1. The minimum Gasteiger partial charge on any atom is -0.480 e. The summed E-state index contributed by atoms with van der Waals surface area (Å²) in [6.07, 6.45) is 6.23. The predicted octanol–water partition coefficient (Wildman–Crippen LogP) is 1.11. The molecular formula is C10H15NO2. The highest BCUT2D eigenvalue weighted by Gasteiger charge is 2.51. The molecule has 2 aliphatic rings. The van der Waals surface area contributed by atoms with Gasteiger partial charge in [-0.3, -0.25) is 9.69 Å². The zero-order chi connectivity index (χ0) is 9.47. The molecule has 1 saturated carbocycles. The number of aliphatic carboxylic acids is 1. The summed E-state index contributed by atoms with van der Waals surface area (Å²) >= 11 is 0. The van der Waals surface area contributed by atoms with E-state index >= 15 is 0 Å². The first-order chi connectivity index (χ1) is 6.15. The first kappa shape index (κ1) is 8.75. The van der Waals surface area contributed by atoms with E-state index < -0.39 is 11.5 Å². The molecule has 72 valence electrons. The van der Waals surface area contributed by atoms with Crippen LogP contribution in [-0.2, 0) is 4.79 Å². The van der Waals surface area contributed by atoms with Crippen molar-refractivity contribution in [2.24, 2.45) is 5.92 Å². The standard InChI is InChI=1S/C10H15NO2/c1-10(9(12)13,8-4-5-8)11-6-2-3-7-11/h2-3,8H,4-7H2,1H3,(H,12,13). The average Bonchev–Trinajstić information content (AvgIpc) is 2.80. The van der Waals surface area contributed by atoms with Gasteiger partial charge in [0, 0.05) is 13.1 Å². The highest BCUT2D eigenvalue weighted by atomic mass is 16.4. The third kappa shape index (κ3) is 1.27. The van der Waals surface area contributed by atoms with Crippen molar-refractivity contribution >= 4 is 5.97 Å². The van der Waals surface area contributed by atoms with Gasteiger partial charge in [0.25, 0.3) is 0 Å². The molecule has 1 aliphatic carbocycles. The van der Waals surface area contributed by atoms with E-state index in [2.05, 4.69) is 0 Å². The molecule has 1 atom stereocenters. The van der Waals surface area contributed by atoms with Gasteiger partial charge in [0.05, 0.1) is 0 Å². The Morgan fingerprint density at radius 2 is 2.00 bits per heavy atom. The lowest BCUT2D eigenvalue weighted by Crippen LogP contribution is -2.53. The van der Waals surface area contributed by atoms with Crippen LogP contribution in [0.3, 0.4) is 0 Å². The van der Waals surface area contributed by atoms with Crippen LogP contribution in [0.4, 0.5) is 0 Å². The van der Waals surface area contributed by atoms with Gasteiger partial charge in [-0.05, 0) is 25.7 Å². The van der Waals surface area contributed by atoms with Gasteiger partial charge in [-0.15, -0.1) is 0 Å². The topological polar surface area (TPSA) is 40.5 Å². The molecule has 2 rings (SSSR count). The van der Waals surface area contributed by atoms with E-state index in [1.807, 2.05) is 24.0 Å². The first-order valence-corrected chi connectivity index (χ1v) is 4.79. The van der Waals surface area contributed by atoms with Crippen LogP contribution in [-0.4, -0.2) is 34.6 Å². The molecule has 1 unspecified atom stereocenters. The van der Waals surface area contributed by atoms with E-state index in [-0.39, 0.29) is 0 Å². The Balaban J connectivity index is 2.16. The number of carboxylic acid groups (broad SMARTS) is 1.